The molecule has 0 fully saturated rings. The second-order valence-electron chi connectivity index (χ2n) is 1.85. The number of hydrogen-bond acceptors (Lipinski definition) is 1. The van der Waals surface area contributed by atoms with Crippen LogP contribution >= 0.6 is 0 Å². The third kappa shape index (κ3) is 4.09. The highest BCUT2D eigenvalue weighted by Crippen LogP contribution is 1.56. The second kappa shape index (κ2) is 5.06. The number of hydrogen-bond donors (Lipinski definition) is 1. The zero-order valence-electron chi connectivity index (χ0n) is 5.74. The van der Waals surface area contributed by atoms with Gasteiger partial charge >= 0.3 is 0 Å². The van der Waals surface area contributed by atoms with Crippen molar-refractivity contribution >= 4 is 0 Å². The first-order valence-corrected chi connectivity index (χ1v) is 2.96. The van der Waals surface area contributed by atoms with Crippen molar-refractivity contribution in [3.05, 3.63) is 7.05 Å². The fourth-order valence-electron chi connectivity index (χ4n) is 0.423. The van der Waals surface area contributed by atoms with Crippen molar-refractivity contribution in [3.63, 3.8) is 0 Å². The Balaban J connectivity index is 2.86. The molecule has 50 valence electrons. The number of quaternary nitrogens is 1. The minimum Gasteiger partial charge on any atom is -0.466 e. The van der Waals surface area contributed by atoms with Gasteiger partial charge in [-0.3, -0.25) is 0 Å². The first-order chi connectivity index (χ1) is 3.81. The average molecular weight is 117 g/mol. The van der Waals surface area contributed by atoms with Crippen LogP contribution in [-0.2, 0) is 4.74 Å². The minimum atomic E-state index is 0.812. The van der Waals surface area contributed by atoms with E-state index in [1.165, 1.54) is 4.90 Å². The Kier molecular flexibility index (Phi) is 5.01. The summed E-state index contributed by atoms with van der Waals surface area (Å²) in [5, 5.41) is 0. The highest BCUT2D eigenvalue weighted by molar-refractivity contribution is 4.21. The zero-order valence-corrected chi connectivity index (χ0v) is 5.74. The van der Waals surface area contributed by atoms with Crippen molar-refractivity contribution in [3.8, 4) is 0 Å². The first kappa shape index (κ1) is 7.92. The van der Waals surface area contributed by atoms with Crippen molar-refractivity contribution in [1.82, 2.24) is 0 Å². The van der Waals surface area contributed by atoms with E-state index < -0.39 is 0 Å². The Morgan fingerprint density at radius 2 is 2.25 bits per heavy atom. The van der Waals surface area contributed by atoms with Crippen molar-refractivity contribution in [2.75, 3.05) is 26.8 Å². The highest BCUT2D eigenvalue weighted by atomic mass is 16.5. The van der Waals surface area contributed by atoms with Gasteiger partial charge in [-0.15, -0.1) is 0 Å². The summed E-state index contributed by atoms with van der Waals surface area (Å²) in [6.45, 7) is 5.00. The van der Waals surface area contributed by atoms with E-state index >= 15 is 0 Å². The molecule has 8 heavy (non-hydrogen) atoms. The molecular weight excluding hydrogens is 102 g/mol. The first-order valence-electron chi connectivity index (χ1n) is 2.96. The summed E-state index contributed by atoms with van der Waals surface area (Å²) in [7, 11) is 5.54. The van der Waals surface area contributed by atoms with Crippen LogP contribution in [0.15, 0.2) is 0 Å². The third-order valence-corrected chi connectivity index (χ3v) is 1.16. The van der Waals surface area contributed by atoms with Crippen LogP contribution in [0, 0.1) is 7.05 Å². The van der Waals surface area contributed by atoms with Gasteiger partial charge in [-0.2, -0.15) is 7.05 Å². The number of nitrogens with one attached hydrogen (secondary N) is 1. The van der Waals surface area contributed by atoms with Crippen LogP contribution in [0.1, 0.15) is 6.92 Å². The summed E-state index contributed by atoms with van der Waals surface area (Å²) in [6, 6.07) is 0. The van der Waals surface area contributed by atoms with Crippen LogP contribution < -0.4 is 4.90 Å². The van der Waals surface area contributed by atoms with Gasteiger partial charge in [0, 0.05) is 7.11 Å². The van der Waals surface area contributed by atoms with Gasteiger partial charge < -0.3 is 9.64 Å². The molecule has 2 nitrogen and oxygen atoms in total. The predicted molar refractivity (Wildman–Crippen MR) is 33.6 cm³/mol. The van der Waals surface area contributed by atoms with Crippen LogP contribution in [0.2, 0.25) is 0 Å². The van der Waals surface area contributed by atoms with Gasteiger partial charge in [0.25, 0.3) is 0 Å². The predicted octanol–water partition coefficient (Wildman–Crippen LogP) is -0.671. The zero-order chi connectivity index (χ0) is 6.41. The molecule has 1 N–H and O–H groups in total. The average Bonchev–Trinajstić information content (AvgIpc) is 1.83. The smallest absolute Gasteiger partial charge is 0.0931 e. The Bertz CT molecular complexity index is 47.8. The summed E-state index contributed by atoms with van der Waals surface area (Å²) in [4.78, 5) is 1.27. The van der Waals surface area contributed by atoms with Crippen molar-refractivity contribution in [2.24, 2.45) is 0 Å². The largest absolute Gasteiger partial charge is 0.466 e. The molecule has 0 spiro atoms. The lowest BCUT2D eigenvalue weighted by molar-refractivity contribution is -0.852. The summed E-state index contributed by atoms with van der Waals surface area (Å²) in [5.41, 5.74) is 0. The lowest BCUT2D eigenvalue weighted by atomic mass is 10.5. The quantitative estimate of drug-likeness (QED) is 0.482. The fraction of sp³-hybridized carbons (Fsp3) is 0.833. The van der Waals surface area contributed by atoms with Gasteiger partial charge in [0.05, 0.1) is 19.7 Å². The molecule has 0 aromatic rings. The van der Waals surface area contributed by atoms with Crippen LogP contribution in [0.4, 0.5) is 0 Å². The van der Waals surface area contributed by atoms with E-state index in [-0.39, 0.29) is 0 Å². The number of rotatable bonds is 4. The summed E-state index contributed by atoms with van der Waals surface area (Å²) >= 11 is 0. The van der Waals surface area contributed by atoms with Gasteiger partial charge in [0.2, 0.25) is 0 Å². The molecule has 0 bridgehead atoms. The van der Waals surface area contributed by atoms with Crippen LogP contribution in [0.5, 0.6) is 0 Å². The number of likely N-dealkylation sites (N-methyl/N-ethyl adjacent to an activating group) is 1. The number of ether oxygens (including phenoxy) is 1. The van der Waals surface area contributed by atoms with Crippen molar-refractivity contribution in [1.29, 1.82) is 0 Å². The van der Waals surface area contributed by atoms with Crippen molar-refractivity contribution in [2.45, 2.75) is 6.92 Å². The van der Waals surface area contributed by atoms with E-state index in [0.717, 1.165) is 19.7 Å². The fourth-order valence-corrected chi connectivity index (χ4v) is 0.423. The maximum Gasteiger partial charge on any atom is 0.0931 e. The SMILES string of the molecule is [CH2-][NH+](CC)CCOC. The van der Waals surface area contributed by atoms with Crippen LogP contribution in [0.3, 0.4) is 0 Å². The molecular formula is C6H15NO. The Morgan fingerprint density at radius 1 is 1.62 bits per heavy atom. The van der Waals surface area contributed by atoms with E-state index in [4.69, 9.17) is 4.74 Å². The normalized spacial score (nSPS) is 13.9. The molecule has 0 aromatic heterocycles. The van der Waals surface area contributed by atoms with E-state index in [0.29, 0.717) is 0 Å². The molecule has 2 heteroatoms. The third-order valence-electron chi connectivity index (χ3n) is 1.16. The molecule has 1 atom stereocenters. The minimum absolute atomic E-state index is 0.812. The molecule has 0 amide bonds. The molecule has 0 aliphatic carbocycles. The Morgan fingerprint density at radius 3 is 2.62 bits per heavy atom. The van der Waals surface area contributed by atoms with E-state index in [1.54, 1.807) is 7.11 Å². The van der Waals surface area contributed by atoms with E-state index in [1.807, 2.05) is 0 Å². The van der Waals surface area contributed by atoms with Gasteiger partial charge in [0.1, 0.15) is 0 Å². The second-order valence-corrected chi connectivity index (χ2v) is 1.85. The van der Waals surface area contributed by atoms with Gasteiger partial charge in [-0.1, -0.05) is 0 Å². The molecule has 0 rings (SSSR count). The lowest BCUT2D eigenvalue weighted by Crippen LogP contribution is -3.07. The van der Waals surface area contributed by atoms with E-state index in [2.05, 4.69) is 14.0 Å². The summed E-state index contributed by atoms with van der Waals surface area (Å²) < 4.78 is 4.85. The molecule has 0 heterocycles. The van der Waals surface area contributed by atoms with E-state index in [9.17, 15) is 0 Å². The molecule has 0 aromatic carbocycles. The lowest BCUT2D eigenvalue weighted by Gasteiger charge is -2.17. The molecule has 1 unspecified atom stereocenters. The van der Waals surface area contributed by atoms with Gasteiger partial charge in [-0.05, 0) is 6.92 Å². The Labute approximate surface area is 51.4 Å². The highest BCUT2D eigenvalue weighted by Gasteiger charge is 1.87. The van der Waals surface area contributed by atoms with Crippen LogP contribution in [0.25, 0.3) is 0 Å². The van der Waals surface area contributed by atoms with Crippen LogP contribution in [-0.4, -0.2) is 26.8 Å². The van der Waals surface area contributed by atoms with Gasteiger partial charge in [-0.25, -0.2) is 0 Å². The maximum absolute atomic E-state index is 4.85. The molecule has 0 saturated carbocycles. The van der Waals surface area contributed by atoms with Crippen molar-refractivity contribution < 1.29 is 9.64 Å². The summed E-state index contributed by atoms with van der Waals surface area (Å²) in [5.74, 6) is 0. The molecule has 0 saturated heterocycles. The molecule has 0 aliphatic heterocycles. The van der Waals surface area contributed by atoms with Gasteiger partial charge in [0.15, 0.2) is 0 Å². The monoisotopic (exact) mass is 117 g/mol. The topological polar surface area (TPSA) is 13.7 Å². The Hall–Kier alpha value is -0.0800. The molecule has 0 aliphatic rings. The summed E-state index contributed by atoms with van der Waals surface area (Å²) in [6.07, 6.45) is 0. The standard InChI is InChI=1S/C6H15NO/c1-4-7(2)5-6-8-3/h7H,2,4-6H2,1,3H3. The number of methoxy groups -OCH3 is 1. The maximum atomic E-state index is 4.85. The molecule has 0 radical (unpaired) electrons.